The van der Waals surface area contributed by atoms with Crippen LogP contribution in [0.3, 0.4) is 0 Å². The molecule has 1 saturated carbocycles. The molecule has 4 N–H and O–H groups in total. The maximum Gasteiger partial charge on any atom is 0.234 e. The number of aliphatic hydroxyl groups excluding tert-OH is 3. The highest BCUT2D eigenvalue weighted by Gasteiger charge is 2.39. The molecular formula is C24H36ClNO6S2. The molecular weight excluding hydrogens is 498 g/mol. The van der Waals surface area contributed by atoms with Crippen molar-refractivity contribution < 1.29 is 28.5 Å². The van der Waals surface area contributed by atoms with Crippen LogP contribution in [0.4, 0.5) is 0 Å². The van der Waals surface area contributed by atoms with Crippen LogP contribution in [-0.2, 0) is 21.2 Å². The standard InChI is InChI=1S/C24H36ClNO6S2/c1-3-34(31,32)26-24(30)9-7-5-4-6-8-19-20(23(29)15-22(19)28)13-11-17(27)10-12-18-14-21(25)16(2)33-18/h4,6,11,13-14,17,19-20,22-23,27-29H,3,5,7-10,12,15H2,1-2H3,(H,26,30)/b6-4-,13-11+/t17-,19+,20+,22-,23+/m0/s1. The molecule has 1 amide bonds. The molecule has 1 aliphatic rings. The van der Waals surface area contributed by atoms with Crippen molar-refractivity contribution >= 4 is 38.9 Å². The van der Waals surface area contributed by atoms with Crippen LogP contribution in [0.1, 0.15) is 55.2 Å². The van der Waals surface area contributed by atoms with E-state index >= 15 is 0 Å². The molecule has 0 bridgehead atoms. The van der Waals surface area contributed by atoms with E-state index < -0.39 is 34.2 Å². The fourth-order valence-electron chi connectivity index (χ4n) is 4.04. The minimum Gasteiger partial charge on any atom is -0.393 e. The zero-order valence-electron chi connectivity index (χ0n) is 19.7. The van der Waals surface area contributed by atoms with Crippen LogP contribution in [0, 0.1) is 18.8 Å². The molecule has 0 aliphatic heterocycles. The number of rotatable bonds is 13. The van der Waals surface area contributed by atoms with Gasteiger partial charge < -0.3 is 15.3 Å². The molecule has 0 aromatic carbocycles. The predicted molar refractivity (Wildman–Crippen MR) is 136 cm³/mol. The van der Waals surface area contributed by atoms with E-state index in [-0.39, 0.29) is 24.0 Å². The second-order valence-corrected chi connectivity index (χ2v) is 12.5. The molecule has 192 valence electrons. The van der Waals surface area contributed by atoms with E-state index in [1.54, 1.807) is 17.4 Å². The Kier molecular flexibility index (Phi) is 11.7. The summed E-state index contributed by atoms with van der Waals surface area (Å²) in [5.74, 6) is -1.06. The van der Waals surface area contributed by atoms with Gasteiger partial charge in [0.1, 0.15) is 0 Å². The van der Waals surface area contributed by atoms with Gasteiger partial charge in [-0.2, -0.15) is 0 Å². The monoisotopic (exact) mass is 533 g/mol. The summed E-state index contributed by atoms with van der Waals surface area (Å²) in [7, 11) is -3.52. The fraction of sp³-hybridized carbons (Fsp3) is 0.625. The number of amides is 1. The molecule has 1 aliphatic carbocycles. The first-order valence-corrected chi connectivity index (χ1v) is 14.5. The molecule has 0 unspecified atom stereocenters. The lowest BCUT2D eigenvalue weighted by Crippen LogP contribution is -2.31. The van der Waals surface area contributed by atoms with Gasteiger partial charge in [-0.05, 0) is 57.9 Å². The number of carbonyl (C=O) groups is 1. The normalized spacial score (nSPS) is 24.3. The summed E-state index contributed by atoms with van der Waals surface area (Å²) in [6.45, 7) is 3.43. The van der Waals surface area contributed by atoms with Crippen LogP contribution >= 0.6 is 22.9 Å². The summed E-state index contributed by atoms with van der Waals surface area (Å²) in [5, 5.41) is 31.8. The molecule has 2 rings (SSSR count). The van der Waals surface area contributed by atoms with E-state index in [4.69, 9.17) is 11.6 Å². The number of nitrogens with one attached hydrogen (secondary N) is 1. The van der Waals surface area contributed by atoms with Gasteiger partial charge in [0, 0.05) is 28.5 Å². The van der Waals surface area contributed by atoms with Crippen LogP contribution in [0.25, 0.3) is 0 Å². The summed E-state index contributed by atoms with van der Waals surface area (Å²) < 4.78 is 24.8. The lowest BCUT2D eigenvalue weighted by molar-refractivity contribution is -0.119. The Bertz CT molecular complexity index is 939. The van der Waals surface area contributed by atoms with Crippen molar-refractivity contribution in [2.24, 2.45) is 11.8 Å². The van der Waals surface area contributed by atoms with Gasteiger partial charge in [-0.1, -0.05) is 35.9 Å². The van der Waals surface area contributed by atoms with Crippen LogP contribution in [0.2, 0.25) is 5.02 Å². The number of allylic oxidation sites excluding steroid dienone is 2. The van der Waals surface area contributed by atoms with Crippen molar-refractivity contribution in [3.63, 3.8) is 0 Å². The van der Waals surface area contributed by atoms with Crippen LogP contribution in [0.5, 0.6) is 0 Å². The van der Waals surface area contributed by atoms with E-state index in [0.29, 0.717) is 38.5 Å². The molecule has 1 heterocycles. The highest BCUT2D eigenvalue weighted by molar-refractivity contribution is 7.90. The molecule has 5 atom stereocenters. The van der Waals surface area contributed by atoms with Gasteiger partial charge in [0.15, 0.2) is 0 Å². The number of unbranched alkanes of at least 4 members (excludes halogenated alkanes) is 1. The lowest BCUT2D eigenvalue weighted by atomic mass is 9.89. The molecule has 1 fully saturated rings. The Balaban J connectivity index is 1.78. The number of aryl methyl sites for hydroxylation is 2. The molecule has 1 aromatic heterocycles. The SMILES string of the molecule is CCS(=O)(=O)NC(=O)CCC/C=C\C[C@@H]1[C@@H](/C=C/[C@@H](O)CCc2cc(Cl)c(C)s2)[C@H](O)C[C@@H]1O. The Labute approximate surface area is 211 Å². The van der Waals surface area contributed by atoms with E-state index in [1.165, 1.54) is 6.92 Å². The Morgan fingerprint density at radius 1 is 1.32 bits per heavy atom. The second-order valence-electron chi connectivity index (χ2n) is 8.75. The number of halogens is 1. The third kappa shape index (κ3) is 9.43. The first kappa shape index (κ1) is 29.0. The zero-order chi connectivity index (χ0) is 25.3. The van der Waals surface area contributed by atoms with Gasteiger partial charge in [0.05, 0.1) is 29.1 Å². The fourth-order valence-corrected chi connectivity index (χ4v) is 5.89. The Hall–Kier alpha value is -1.23. The number of hydrogen-bond donors (Lipinski definition) is 4. The highest BCUT2D eigenvalue weighted by atomic mass is 35.5. The molecule has 0 spiro atoms. The van der Waals surface area contributed by atoms with Gasteiger partial charge in [0.25, 0.3) is 0 Å². The predicted octanol–water partition coefficient (Wildman–Crippen LogP) is 3.50. The molecule has 1 aromatic rings. The van der Waals surface area contributed by atoms with Crippen molar-refractivity contribution in [2.75, 3.05) is 5.75 Å². The first-order chi connectivity index (χ1) is 16.0. The summed E-state index contributed by atoms with van der Waals surface area (Å²) in [6.07, 6.45) is 8.77. The highest BCUT2D eigenvalue weighted by Crippen LogP contribution is 2.36. The maximum atomic E-state index is 11.6. The van der Waals surface area contributed by atoms with Gasteiger partial charge >= 0.3 is 0 Å². The van der Waals surface area contributed by atoms with E-state index in [0.717, 1.165) is 14.8 Å². The number of thiophene rings is 1. The third-order valence-corrected chi connectivity index (χ3v) is 8.98. The van der Waals surface area contributed by atoms with Crippen molar-refractivity contribution in [2.45, 2.75) is 77.1 Å². The van der Waals surface area contributed by atoms with Crippen molar-refractivity contribution in [3.8, 4) is 0 Å². The lowest BCUT2D eigenvalue weighted by Gasteiger charge is -2.19. The first-order valence-electron chi connectivity index (χ1n) is 11.7. The van der Waals surface area contributed by atoms with Crippen LogP contribution < -0.4 is 4.72 Å². The Morgan fingerprint density at radius 2 is 2.06 bits per heavy atom. The van der Waals surface area contributed by atoms with Gasteiger partial charge in [0.2, 0.25) is 15.9 Å². The maximum absolute atomic E-state index is 11.6. The number of aliphatic hydroxyl groups is 3. The van der Waals surface area contributed by atoms with Crippen LogP contribution in [0.15, 0.2) is 30.4 Å². The number of carbonyl (C=O) groups excluding carboxylic acids is 1. The van der Waals surface area contributed by atoms with E-state index in [1.807, 2.05) is 35.9 Å². The summed E-state index contributed by atoms with van der Waals surface area (Å²) >= 11 is 7.71. The number of sulfonamides is 1. The minimum atomic E-state index is -3.52. The van der Waals surface area contributed by atoms with Gasteiger partial charge in [-0.3, -0.25) is 9.52 Å². The number of hydrogen-bond acceptors (Lipinski definition) is 7. The summed E-state index contributed by atoms with van der Waals surface area (Å²) in [4.78, 5) is 13.8. The molecule has 7 nitrogen and oxygen atoms in total. The molecule has 34 heavy (non-hydrogen) atoms. The average molecular weight is 534 g/mol. The van der Waals surface area contributed by atoms with E-state index in [9.17, 15) is 28.5 Å². The summed E-state index contributed by atoms with van der Waals surface area (Å²) in [5.41, 5.74) is 0. The topological polar surface area (TPSA) is 124 Å². The Morgan fingerprint density at radius 3 is 2.71 bits per heavy atom. The van der Waals surface area contributed by atoms with Gasteiger partial charge in [-0.25, -0.2) is 8.42 Å². The van der Waals surface area contributed by atoms with Crippen molar-refractivity contribution in [3.05, 3.63) is 45.1 Å². The zero-order valence-corrected chi connectivity index (χ0v) is 22.1. The smallest absolute Gasteiger partial charge is 0.234 e. The molecule has 0 radical (unpaired) electrons. The van der Waals surface area contributed by atoms with Gasteiger partial charge in [-0.15, -0.1) is 11.3 Å². The second kappa shape index (κ2) is 13.8. The summed E-state index contributed by atoms with van der Waals surface area (Å²) in [6, 6.07) is 1.93. The molecule has 0 saturated heterocycles. The minimum absolute atomic E-state index is 0.120. The van der Waals surface area contributed by atoms with Crippen molar-refractivity contribution in [1.82, 2.24) is 4.72 Å². The van der Waals surface area contributed by atoms with Crippen LogP contribution in [-0.4, -0.2) is 53.7 Å². The quantitative estimate of drug-likeness (QED) is 0.227. The third-order valence-electron chi connectivity index (χ3n) is 6.07. The molecule has 10 heteroatoms. The van der Waals surface area contributed by atoms with E-state index in [2.05, 4.69) is 0 Å². The largest absolute Gasteiger partial charge is 0.393 e. The average Bonchev–Trinajstić information content (AvgIpc) is 3.23. The van der Waals surface area contributed by atoms with Crippen molar-refractivity contribution in [1.29, 1.82) is 0 Å².